The second kappa shape index (κ2) is 7.36. The van der Waals surface area contributed by atoms with E-state index in [0.29, 0.717) is 5.76 Å². The van der Waals surface area contributed by atoms with Gasteiger partial charge in [-0.15, -0.1) is 6.07 Å². The Hall–Kier alpha value is -0.983. The maximum Gasteiger partial charge on any atom is 1.00 e. The van der Waals surface area contributed by atoms with Crippen molar-refractivity contribution in [3.8, 4) is 0 Å². The van der Waals surface area contributed by atoms with E-state index < -0.39 is 0 Å². The molecule has 90 valence electrons. The smallest absolute Gasteiger partial charge is 0.508 e. The van der Waals surface area contributed by atoms with Crippen LogP contribution in [0.5, 0.6) is 0 Å². The SMILES string of the molecule is CC(C)N(C(=O)O[CH-]c1ccco1)C(C)C.[Li+]. The molecular weight excluding hydrogens is 213 g/mol. The molecule has 0 N–H and O–H groups in total. The minimum atomic E-state index is -0.360. The fourth-order valence-electron chi connectivity index (χ4n) is 1.55. The van der Waals surface area contributed by atoms with Crippen molar-refractivity contribution >= 4 is 6.09 Å². The van der Waals surface area contributed by atoms with Crippen molar-refractivity contribution in [2.45, 2.75) is 39.8 Å². The average molecular weight is 231 g/mol. The number of hydrogen-bond donors (Lipinski definition) is 0. The molecule has 0 aromatic carbocycles. The van der Waals surface area contributed by atoms with Crippen molar-refractivity contribution < 1.29 is 32.8 Å². The van der Waals surface area contributed by atoms with E-state index in [-0.39, 0.29) is 37.0 Å². The van der Waals surface area contributed by atoms with Crippen molar-refractivity contribution in [1.82, 2.24) is 4.90 Å². The van der Waals surface area contributed by atoms with E-state index in [1.807, 2.05) is 27.7 Å². The van der Waals surface area contributed by atoms with Crippen molar-refractivity contribution in [2.75, 3.05) is 0 Å². The van der Waals surface area contributed by atoms with Crippen LogP contribution in [0.3, 0.4) is 0 Å². The summed E-state index contributed by atoms with van der Waals surface area (Å²) in [6, 6.07) is 3.68. The van der Waals surface area contributed by atoms with Gasteiger partial charge >= 0.3 is 25.0 Å². The number of hydrogen-bond acceptors (Lipinski definition) is 3. The minimum absolute atomic E-state index is 0. The van der Waals surface area contributed by atoms with Crippen molar-refractivity contribution in [3.63, 3.8) is 0 Å². The molecule has 5 heteroatoms. The predicted octanol–water partition coefficient (Wildman–Crippen LogP) is 0.0489. The minimum Gasteiger partial charge on any atom is -0.508 e. The van der Waals surface area contributed by atoms with Crippen LogP contribution in [-0.4, -0.2) is 23.1 Å². The largest absolute Gasteiger partial charge is 1.00 e. The first-order valence-corrected chi connectivity index (χ1v) is 5.38. The van der Waals surface area contributed by atoms with Crippen molar-refractivity contribution in [2.24, 2.45) is 0 Å². The molecule has 1 heterocycles. The molecule has 0 saturated carbocycles. The molecule has 4 nitrogen and oxygen atoms in total. The monoisotopic (exact) mass is 231 g/mol. The number of furan rings is 1. The molecule has 0 fully saturated rings. The van der Waals surface area contributed by atoms with Crippen LogP contribution >= 0.6 is 0 Å². The zero-order valence-corrected chi connectivity index (χ0v) is 11.1. The predicted molar refractivity (Wildman–Crippen MR) is 60.7 cm³/mol. The quantitative estimate of drug-likeness (QED) is 0.543. The molecule has 17 heavy (non-hydrogen) atoms. The molecule has 0 aliphatic heterocycles. The summed E-state index contributed by atoms with van der Waals surface area (Å²) in [5.41, 5.74) is 0. The fraction of sp³-hybridized carbons (Fsp3) is 0.500. The molecule has 1 aromatic rings. The zero-order chi connectivity index (χ0) is 12.1. The molecular formula is C12H18LiNO3. The third-order valence-electron chi connectivity index (χ3n) is 2.14. The Bertz CT molecular complexity index is 315. The Balaban J connectivity index is 0.00000256. The fourth-order valence-corrected chi connectivity index (χ4v) is 1.55. The van der Waals surface area contributed by atoms with Crippen LogP contribution in [-0.2, 0) is 4.74 Å². The molecule has 0 spiro atoms. The Morgan fingerprint density at radius 1 is 1.35 bits per heavy atom. The zero-order valence-electron chi connectivity index (χ0n) is 11.1. The van der Waals surface area contributed by atoms with E-state index in [4.69, 9.17) is 9.15 Å². The average Bonchev–Trinajstić information content (AvgIpc) is 2.65. The van der Waals surface area contributed by atoms with Gasteiger partial charge in [-0.3, -0.25) is 0 Å². The van der Waals surface area contributed by atoms with E-state index in [9.17, 15) is 4.79 Å². The Morgan fingerprint density at radius 3 is 2.35 bits per heavy atom. The number of carbonyl (C=O) groups excluding carboxylic acids is 1. The van der Waals surface area contributed by atoms with Crippen LogP contribution in [0.1, 0.15) is 33.5 Å². The third-order valence-corrected chi connectivity index (χ3v) is 2.14. The van der Waals surface area contributed by atoms with Gasteiger partial charge < -0.3 is 14.1 Å². The first-order chi connectivity index (χ1) is 7.52. The number of amides is 1. The van der Waals surface area contributed by atoms with E-state index >= 15 is 0 Å². The summed E-state index contributed by atoms with van der Waals surface area (Å²) in [6.07, 6.45) is 1.17. The molecule has 0 bridgehead atoms. The van der Waals surface area contributed by atoms with E-state index in [0.717, 1.165) is 0 Å². The first-order valence-electron chi connectivity index (χ1n) is 5.38. The topological polar surface area (TPSA) is 42.7 Å². The standard InChI is InChI=1S/C12H18NO3.Li/c1-9(2)13(10(3)4)12(14)16-8-11-6-5-7-15-11;/h5-10H,1-4H3;/q-1;+1. The molecule has 0 unspecified atom stereocenters. The van der Waals surface area contributed by atoms with Gasteiger partial charge in [0.2, 0.25) is 0 Å². The Kier molecular flexibility index (Phi) is 6.94. The number of carbonyl (C=O) groups is 1. The molecule has 0 saturated heterocycles. The van der Waals surface area contributed by atoms with E-state index in [2.05, 4.69) is 0 Å². The van der Waals surface area contributed by atoms with Crippen LogP contribution in [0.4, 0.5) is 4.79 Å². The van der Waals surface area contributed by atoms with Crippen LogP contribution in [0.25, 0.3) is 0 Å². The number of rotatable bonds is 4. The van der Waals surface area contributed by atoms with E-state index in [1.54, 1.807) is 17.0 Å². The molecule has 0 aliphatic carbocycles. The maximum atomic E-state index is 11.8. The summed E-state index contributed by atoms with van der Waals surface area (Å²) in [6.45, 7) is 9.13. The van der Waals surface area contributed by atoms with Crippen LogP contribution in [0.15, 0.2) is 22.8 Å². The summed E-state index contributed by atoms with van der Waals surface area (Å²) in [5.74, 6) is 0.529. The van der Waals surface area contributed by atoms with Crippen molar-refractivity contribution in [3.05, 3.63) is 30.8 Å². The molecule has 1 amide bonds. The Labute approximate surface area is 114 Å². The molecule has 1 rings (SSSR count). The van der Waals surface area contributed by atoms with Crippen LogP contribution in [0, 0.1) is 6.61 Å². The van der Waals surface area contributed by atoms with Crippen LogP contribution < -0.4 is 18.9 Å². The second-order valence-corrected chi connectivity index (χ2v) is 4.11. The van der Waals surface area contributed by atoms with Crippen molar-refractivity contribution in [1.29, 1.82) is 0 Å². The van der Waals surface area contributed by atoms with Gasteiger partial charge in [0.05, 0.1) is 6.26 Å². The van der Waals surface area contributed by atoms with Gasteiger partial charge in [-0.05, 0) is 34.3 Å². The molecule has 1 aromatic heterocycles. The second-order valence-electron chi connectivity index (χ2n) is 4.11. The molecule has 0 radical (unpaired) electrons. The van der Waals surface area contributed by atoms with E-state index in [1.165, 1.54) is 12.9 Å². The van der Waals surface area contributed by atoms with Crippen LogP contribution in [0.2, 0.25) is 0 Å². The summed E-state index contributed by atoms with van der Waals surface area (Å²) in [5, 5.41) is 0. The maximum absolute atomic E-state index is 11.8. The summed E-state index contributed by atoms with van der Waals surface area (Å²) in [7, 11) is 0. The van der Waals surface area contributed by atoms with Gasteiger partial charge in [0.15, 0.2) is 0 Å². The molecule has 0 aliphatic rings. The summed E-state index contributed by atoms with van der Waals surface area (Å²) >= 11 is 0. The normalized spacial score (nSPS) is 10.0. The summed E-state index contributed by atoms with van der Waals surface area (Å²) < 4.78 is 10.1. The van der Waals surface area contributed by atoms with Gasteiger partial charge in [-0.2, -0.15) is 6.07 Å². The third kappa shape index (κ3) is 4.80. The van der Waals surface area contributed by atoms with Gasteiger partial charge in [-0.1, -0.05) is 0 Å². The Morgan fingerprint density at radius 2 is 1.94 bits per heavy atom. The van der Waals surface area contributed by atoms with Gasteiger partial charge in [0.1, 0.15) is 0 Å². The number of ether oxygens (including phenoxy) is 1. The molecule has 0 atom stereocenters. The first kappa shape index (κ1) is 16.0. The number of nitrogens with zero attached hydrogens (tertiary/aromatic N) is 1. The summed E-state index contributed by atoms with van der Waals surface area (Å²) in [4.78, 5) is 13.4. The van der Waals surface area contributed by atoms with Gasteiger partial charge in [0, 0.05) is 17.8 Å². The van der Waals surface area contributed by atoms with Gasteiger partial charge in [0.25, 0.3) is 0 Å². The van der Waals surface area contributed by atoms with Gasteiger partial charge in [-0.25, -0.2) is 4.79 Å².